The number of hydrogen-bond acceptors (Lipinski definition) is 4. The topological polar surface area (TPSA) is 42.8 Å². The lowest BCUT2D eigenvalue weighted by molar-refractivity contribution is 0.284. The lowest BCUT2D eigenvalue weighted by Crippen LogP contribution is -1.99. The Labute approximate surface area is 156 Å². The van der Waals surface area contributed by atoms with Crippen molar-refractivity contribution in [3.63, 3.8) is 0 Å². The van der Waals surface area contributed by atoms with E-state index >= 15 is 0 Å². The molecule has 0 saturated heterocycles. The molecule has 27 heavy (non-hydrogen) atoms. The van der Waals surface area contributed by atoms with E-state index in [0.717, 1.165) is 23.3 Å². The fourth-order valence-electron chi connectivity index (χ4n) is 2.38. The van der Waals surface area contributed by atoms with Gasteiger partial charge >= 0.3 is 0 Å². The predicted octanol–water partition coefficient (Wildman–Crippen LogP) is 5.00. The number of halogens is 2. The summed E-state index contributed by atoms with van der Waals surface area (Å²) in [4.78, 5) is 0. The second-order valence-corrected chi connectivity index (χ2v) is 5.68. The molecule has 0 radical (unpaired) electrons. The molecule has 0 bridgehead atoms. The van der Waals surface area contributed by atoms with Gasteiger partial charge < -0.3 is 9.47 Å². The number of methoxy groups -OCH3 is 1. The molecule has 0 aromatic heterocycles. The van der Waals surface area contributed by atoms with E-state index in [9.17, 15) is 8.78 Å². The molecule has 138 valence electrons. The minimum absolute atomic E-state index is 0.0849. The number of nitrogens with zero attached hydrogens (tertiary/aromatic N) is 1. The zero-order chi connectivity index (χ0) is 19.1. The Kier molecular flexibility index (Phi) is 5.99. The molecule has 0 aliphatic rings. The summed E-state index contributed by atoms with van der Waals surface area (Å²) in [6.45, 7) is 0.400. The molecule has 3 aromatic carbocycles. The molecule has 3 aromatic rings. The first-order valence-corrected chi connectivity index (χ1v) is 8.24. The van der Waals surface area contributed by atoms with E-state index in [4.69, 9.17) is 9.47 Å². The van der Waals surface area contributed by atoms with Gasteiger partial charge in [0.05, 0.1) is 19.0 Å². The molecule has 0 amide bonds. The van der Waals surface area contributed by atoms with Crippen LogP contribution in [0.4, 0.5) is 14.5 Å². The quantitative estimate of drug-likeness (QED) is 0.471. The van der Waals surface area contributed by atoms with Crippen LogP contribution in [0.5, 0.6) is 11.5 Å². The fraction of sp³-hybridized carbons (Fsp3) is 0.0952. The second-order valence-electron chi connectivity index (χ2n) is 5.68. The summed E-state index contributed by atoms with van der Waals surface area (Å²) in [5, 5.41) is 3.98. The summed E-state index contributed by atoms with van der Waals surface area (Å²) in [6, 6.07) is 18.3. The highest BCUT2D eigenvalue weighted by Crippen LogP contribution is 2.28. The van der Waals surface area contributed by atoms with Crippen molar-refractivity contribution in [3.05, 3.63) is 89.5 Å². The number of nitrogens with one attached hydrogen (secondary N) is 1. The Hall–Kier alpha value is -3.41. The number of anilines is 1. The molecule has 0 spiro atoms. The molecule has 0 fully saturated rings. The maximum Gasteiger partial charge on any atom is 0.162 e. The summed E-state index contributed by atoms with van der Waals surface area (Å²) in [5.41, 5.74) is 4.40. The van der Waals surface area contributed by atoms with Crippen LogP contribution >= 0.6 is 0 Å². The first-order valence-electron chi connectivity index (χ1n) is 8.24. The molecule has 0 aliphatic carbocycles. The molecule has 0 saturated carbocycles. The molecule has 3 rings (SSSR count). The highest BCUT2D eigenvalue weighted by Gasteiger charge is 2.06. The highest BCUT2D eigenvalue weighted by molar-refractivity contribution is 5.81. The Morgan fingerprint density at radius 3 is 2.52 bits per heavy atom. The monoisotopic (exact) mass is 368 g/mol. The molecular formula is C21H18F2N2O2. The van der Waals surface area contributed by atoms with Gasteiger partial charge in [-0.2, -0.15) is 5.10 Å². The van der Waals surface area contributed by atoms with Gasteiger partial charge in [0.1, 0.15) is 12.4 Å². The summed E-state index contributed by atoms with van der Waals surface area (Å²) in [7, 11) is 1.57. The predicted molar refractivity (Wildman–Crippen MR) is 101 cm³/mol. The Balaban J connectivity index is 1.70. The maximum absolute atomic E-state index is 13.6. The van der Waals surface area contributed by atoms with Crippen LogP contribution in [0.15, 0.2) is 71.8 Å². The van der Waals surface area contributed by atoms with Crippen LogP contribution < -0.4 is 14.9 Å². The van der Waals surface area contributed by atoms with Gasteiger partial charge in [-0.25, -0.2) is 8.78 Å². The molecular weight excluding hydrogens is 350 g/mol. The Bertz CT molecular complexity index is 931. The third kappa shape index (κ3) is 5.04. The number of benzene rings is 3. The van der Waals surface area contributed by atoms with Crippen molar-refractivity contribution in [2.45, 2.75) is 6.61 Å². The van der Waals surface area contributed by atoms with Gasteiger partial charge in [0, 0.05) is 6.07 Å². The van der Waals surface area contributed by atoms with E-state index in [2.05, 4.69) is 10.5 Å². The smallest absolute Gasteiger partial charge is 0.162 e. The largest absolute Gasteiger partial charge is 0.493 e. The average Bonchev–Trinajstić information content (AvgIpc) is 2.69. The van der Waals surface area contributed by atoms with Gasteiger partial charge in [-0.05, 0) is 41.5 Å². The van der Waals surface area contributed by atoms with Crippen LogP contribution in [0.25, 0.3) is 0 Å². The van der Waals surface area contributed by atoms with E-state index in [-0.39, 0.29) is 5.69 Å². The van der Waals surface area contributed by atoms with Crippen LogP contribution in [-0.4, -0.2) is 13.3 Å². The number of hydrazone groups is 1. The Morgan fingerprint density at radius 1 is 0.963 bits per heavy atom. The van der Waals surface area contributed by atoms with Crippen LogP contribution in [-0.2, 0) is 6.61 Å². The van der Waals surface area contributed by atoms with Crippen molar-refractivity contribution < 1.29 is 18.3 Å². The molecule has 0 heterocycles. The molecule has 0 unspecified atom stereocenters. The molecule has 1 N–H and O–H groups in total. The fourth-order valence-corrected chi connectivity index (χ4v) is 2.38. The summed E-state index contributed by atoms with van der Waals surface area (Å²) in [5.74, 6) is -0.190. The van der Waals surface area contributed by atoms with E-state index in [1.165, 1.54) is 12.3 Å². The molecule has 4 nitrogen and oxygen atoms in total. The SMILES string of the molecule is COc1ccc(C=NNc2ccc(F)cc2F)cc1OCc1ccccc1. The number of ether oxygens (including phenoxy) is 2. The van der Waals surface area contributed by atoms with Gasteiger partial charge in [0.2, 0.25) is 0 Å². The van der Waals surface area contributed by atoms with Crippen molar-refractivity contribution in [3.8, 4) is 11.5 Å². The molecule has 0 aliphatic heterocycles. The second kappa shape index (κ2) is 8.80. The molecule has 0 atom stereocenters. The molecule has 6 heteroatoms. The minimum atomic E-state index is -0.714. The van der Waals surface area contributed by atoms with Crippen LogP contribution in [0.1, 0.15) is 11.1 Å². The standard InChI is InChI=1S/C21H18F2N2O2/c1-26-20-10-7-16(11-21(20)27-14-15-5-3-2-4-6-15)13-24-25-19-9-8-17(22)12-18(19)23/h2-13,25H,14H2,1H3. The van der Waals surface area contributed by atoms with Crippen molar-refractivity contribution in [1.82, 2.24) is 0 Å². The van der Waals surface area contributed by atoms with E-state index < -0.39 is 11.6 Å². The third-order valence-electron chi connectivity index (χ3n) is 3.75. The van der Waals surface area contributed by atoms with Gasteiger partial charge in [-0.1, -0.05) is 30.3 Å². The lowest BCUT2D eigenvalue weighted by atomic mass is 10.2. The van der Waals surface area contributed by atoms with Crippen molar-refractivity contribution in [2.75, 3.05) is 12.5 Å². The van der Waals surface area contributed by atoms with Gasteiger partial charge in [0.25, 0.3) is 0 Å². The lowest BCUT2D eigenvalue weighted by Gasteiger charge is -2.11. The normalized spacial score (nSPS) is 10.8. The van der Waals surface area contributed by atoms with Gasteiger partial charge in [-0.3, -0.25) is 5.43 Å². The number of hydrogen-bond donors (Lipinski definition) is 1. The van der Waals surface area contributed by atoms with E-state index in [1.807, 2.05) is 30.3 Å². The van der Waals surface area contributed by atoms with E-state index in [1.54, 1.807) is 25.3 Å². The first kappa shape index (κ1) is 18.4. The zero-order valence-corrected chi connectivity index (χ0v) is 14.7. The van der Waals surface area contributed by atoms with Crippen molar-refractivity contribution in [2.24, 2.45) is 5.10 Å². The minimum Gasteiger partial charge on any atom is -0.493 e. The van der Waals surface area contributed by atoms with Crippen LogP contribution in [0.3, 0.4) is 0 Å². The average molecular weight is 368 g/mol. The third-order valence-corrected chi connectivity index (χ3v) is 3.75. The zero-order valence-electron chi connectivity index (χ0n) is 14.7. The van der Waals surface area contributed by atoms with E-state index in [0.29, 0.717) is 18.1 Å². The summed E-state index contributed by atoms with van der Waals surface area (Å²) >= 11 is 0. The van der Waals surface area contributed by atoms with Crippen molar-refractivity contribution in [1.29, 1.82) is 0 Å². The maximum atomic E-state index is 13.6. The van der Waals surface area contributed by atoms with Crippen molar-refractivity contribution >= 4 is 11.9 Å². The van der Waals surface area contributed by atoms with Crippen LogP contribution in [0.2, 0.25) is 0 Å². The summed E-state index contributed by atoms with van der Waals surface area (Å²) < 4.78 is 37.7. The highest BCUT2D eigenvalue weighted by atomic mass is 19.1. The summed E-state index contributed by atoms with van der Waals surface area (Å²) in [6.07, 6.45) is 1.51. The van der Waals surface area contributed by atoms with Gasteiger partial charge in [0.15, 0.2) is 17.3 Å². The van der Waals surface area contributed by atoms with Gasteiger partial charge in [-0.15, -0.1) is 0 Å². The van der Waals surface area contributed by atoms with Crippen LogP contribution in [0, 0.1) is 11.6 Å². The Morgan fingerprint density at radius 2 is 1.78 bits per heavy atom. The number of rotatable bonds is 7. The first-order chi connectivity index (χ1) is 13.2.